The Bertz CT molecular complexity index is 570. The Kier molecular flexibility index (Phi) is 1.50. The lowest BCUT2D eigenvalue weighted by Gasteiger charge is -2.04. The van der Waals surface area contributed by atoms with Crippen LogP contribution in [-0.4, -0.2) is 4.98 Å². The van der Waals surface area contributed by atoms with Gasteiger partial charge in [0.2, 0.25) is 0 Å². The van der Waals surface area contributed by atoms with Crippen LogP contribution in [0.2, 0.25) is 0 Å². The number of H-pyrrole nitrogens is 1. The summed E-state index contributed by atoms with van der Waals surface area (Å²) in [7, 11) is 0. The summed E-state index contributed by atoms with van der Waals surface area (Å²) in [6, 6.07) is 5.10. The quantitative estimate of drug-likeness (QED) is 0.679. The van der Waals surface area contributed by atoms with Crippen LogP contribution in [0.3, 0.4) is 0 Å². The standard InChI is InChI=1S/C13H10FN/c1-2-13(6-7-13)10-8-15-12-9(10)4-3-5-11(12)14/h1,3-5,8,15H,6-7H2. The highest BCUT2D eigenvalue weighted by atomic mass is 19.1. The van der Waals surface area contributed by atoms with Gasteiger partial charge in [-0.05, 0) is 24.5 Å². The lowest BCUT2D eigenvalue weighted by molar-refractivity contribution is 0.637. The molecule has 0 spiro atoms. The molecular weight excluding hydrogens is 189 g/mol. The first-order valence-corrected chi connectivity index (χ1v) is 5.01. The average molecular weight is 199 g/mol. The van der Waals surface area contributed by atoms with Crippen molar-refractivity contribution in [1.82, 2.24) is 4.98 Å². The summed E-state index contributed by atoms with van der Waals surface area (Å²) in [4.78, 5) is 2.97. The SMILES string of the molecule is C#CC1(c2c[nH]c3c(F)cccc23)CC1. The first-order valence-electron chi connectivity index (χ1n) is 5.01. The highest BCUT2D eigenvalue weighted by Crippen LogP contribution is 2.49. The van der Waals surface area contributed by atoms with E-state index in [9.17, 15) is 4.39 Å². The molecule has 0 radical (unpaired) electrons. The van der Waals surface area contributed by atoms with Crippen LogP contribution in [0.5, 0.6) is 0 Å². The highest BCUT2D eigenvalue weighted by molar-refractivity contribution is 5.86. The fraction of sp³-hybridized carbons (Fsp3) is 0.231. The summed E-state index contributed by atoms with van der Waals surface area (Å²) in [6.07, 6.45) is 9.39. The van der Waals surface area contributed by atoms with Gasteiger partial charge in [0.05, 0.1) is 10.9 Å². The maximum atomic E-state index is 13.4. The summed E-state index contributed by atoms with van der Waals surface area (Å²) in [5.41, 5.74) is 1.50. The third-order valence-electron chi connectivity index (χ3n) is 3.21. The number of terminal acetylenes is 1. The minimum Gasteiger partial charge on any atom is -0.358 e. The molecule has 1 N–H and O–H groups in total. The molecule has 1 fully saturated rings. The first-order chi connectivity index (χ1) is 7.27. The van der Waals surface area contributed by atoms with Crippen LogP contribution < -0.4 is 0 Å². The summed E-state index contributed by atoms with van der Waals surface area (Å²) < 4.78 is 13.4. The van der Waals surface area contributed by atoms with E-state index in [1.54, 1.807) is 6.07 Å². The smallest absolute Gasteiger partial charge is 0.147 e. The molecule has 0 bridgehead atoms. The van der Waals surface area contributed by atoms with Crippen LogP contribution in [0.4, 0.5) is 4.39 Å². The maximum absolute atomic E-state index is 13.4. The van der Waals surface area contributed by atoms with Gasteiger partial charge in [-0.25, -0.2) is 4.39 Å². The lowest BCUT2D eigenvalue weighted by Crippen LogP contribution is -2.00. The van der Waals surface area contributed by atoms with Crippen LogP contribution in [0.15, 0.2) is 24.4 Å². The van der Waals surface area contributed by atoms with E-state index in [2.05, 4.69) is 10.9 Å². The number of hydrogen-bond acceptors (Lipinski definition) is 0. The van der Waals surface area contributed by atoms with E-state index in [1.165, 1.54) is 6.07 Å². The molecule has 2 heteroatoms. The van der Waals surface area contributed by atoms with Gasteiger partial charge in [-0.1, -0.05) is 18.1 Å². The number of para-hydroxylation sites is 1. The second kappa shape index (κ2) is 2.64. The van der Waals surface area contributed by atoms with Gasteiger partial charge in [-0.2, -0.15) is 0 Å². The summed E-state index contributed by atoms with van der Waals surface area (Å²) in [5, 5.41) is 0.922. The Labute approximate surface area is 87.3 Å². The molecule has 1 saturated carbocycles. The zero-order valence-corrected chi connectivity index (χ0v) is 8.18. The maximum Gasteiger partial charge on any atom is 0.147 e. The number of benzene rings is 1. The van der Waals surface area contributed by atoms with Gasteiger partial charge in [-0.15, -0.1) is 6.42 Å². The van der Waals surface area contributed by atoms with Crippen molar-refractivity contribution in [2.45, 2.75) is 18.3 Å². The fourth-order valence-electron chi connectivity index (χ4n) is 2.13. The molecule has 15 heavy (non-hydrogen) atoms. The highest BCUT2D eigenvalue weighted by Gasteiger charge is 2.44. The van der Waals surface area contributed by atoms with E-state index in [-0.39, 0.29) is 11.2 Å². The van der Waals surface area contributed by atoms with Gasteiger partial charge in [0, 0.05) is 11.6 Å². The van der Waals surface area contributed by atoms with Crippen molar-refractivity contribution >= 4 is 10.9 Å². The molecule has 1 nitrogen and oxygen atoms in total. The number of fused-ring (bicyclic) bond motifs is 1. The normalized spacial score (nSPS) is 17.6. The number of hydrogen-bond donors (Lipinski definition) is 1. The Morgan fingerprint density at radius 3 is 2.87 bits per heavy atom. The van der Waals surface area contributed by atoms with E-state index in [4.69, 9.17) is 6.42 Å². The van der Waals surface area contributed by atoms with E-state index >= 15 is 0 Å². The lowest BCUT2D eigenvalue weighted by atomic mass is 9.96. The van der Waals surface area contributed by atoms with Crippen LogP contribution in [0, 0.1) is 18.2 Å². The molecule has 1 aliphatic carbocycles. The number of nitrogens with one attached hydrogen (secondary N) is 1. The van der Waals surface area contributed by atoms with E-state index < -0.39 is 0 Å². The van der Waals surface area contributed by atoms with Crippen molar-refractivity contribution in [2.75, 3.05) is 0 Å². The molecule has 0 aliphatic heterocycles. The van der Waals surface area contributed by atoms with Crippen molar-refractivity contribution in [2.24, 2.45) is 0 Å². The summed E-state index contributed by atoms with van der Waals surface area (Å²) in [6.45, 7) is 0. The fourth-order valence-corrected chi connectivity index (χ4v) is 2.13. The zero-order valence-electron chi connectivity index (χ0n) is 8.18. The second-order valence-electron chi connectivity index (χ2n) is 4.09. The van der Waals surface area contributed by atoms with Gasteiger partial charge < -0.3 is 4.98 Å². The number of aromatic nitrogens is 1. The molecule has 0 atom stereocenters. The Morgan fingerprint density at radius 2 is 2.20 bits per heavy atom. The van der Waals surface area contributed by atoms with Gasteiger partial charge >= 0.3 is 0 Å². The van der Waals surface area contributed by atoms with Gasteiger partial charge in [0.25, 0.3) is 0 Å². The van der Waals surface area contributed by atoms with Crippen LogP contribution >= 0.6 is 0 Å². The van der Waals surface area contributed by atoms with Gasteiger partial charge in [0.1, 0.15) is 5.82 Å². The van der Waals surface area contributed by atoms with Crippen molar-refractivity contribution in [1.29, 1.82) is 0 Å². The summed E-state index contributed by atoms with van der Waals surface area (Å²) >= 11 is 0. The van der Waals surface area contributed by atoms with Crippen molar-refractivity contribution in [3.63, 3.8) is 0 Å². The molecule has 1 aliphatic rings. The first kappa shape index (κ1) is 8.55. The zero-order chi connectivity index (χ0) is 10.5. The molecule has 0 saturated heterocycles. The molecule has 3 rings (SSSR count). The van der Waals surface area contributed by atoms with E-state index in [1.807, 2.05) is 12.3 Å². The van der Waals surface area contributed by atoms with Crippen LogP contribution in [0.25, 0.3) is 10.9 Å². The predicted octanol–water partition coefficient (Wildman–Crippen LogP) is 2.97. The van der Waals surface area contributed by atoms with E-state index in [0.29, 0.717) is 5.52 Å². The molecule has 1 heterocycles. The molecule has 2 aromatic rings. The minimum absolute atomic E-state index is 0.133. The number of rotatable bonds is 1. The second-order valence-corrected chi connectivity index (χ2v) is 4.09. The molecule has 74 valence electrons. The minimum atomic E-state index is -0.216. The molecule has 0 unspecified atom stereocenters. The third-order valence-corrected chi connectivity index (χ3v) is 3.21. The number of aromatic amines is 1. The van der Waals surface area contributed by atoms with Crippen LogP contribution in [-0.2, 0) is 5.41 Å². The number of halogens is 1. The van der Waals surface area contributed by atoms with Gasteiger partial charge in [-0.3, -0.25) is 0 Å². The predicted molar refractivity (Wildman–Crippen MR) is 58.0 cm³/mol. The summed E-state index contributed by atoms with van der Waals surface area (Å²) in [5.74, 6) is 2.61. The Balaban J connectivity index is 2.31. The molecule has 0 amide bonds. The topological polar surface area (TPSA) is 15.8 Å². The van der Waals surface area contributed by atoms with Crippen molar-refractivity contribution < 1.29 is 4.39 Å². The van der Waals surface area contributed by atoms with E-state index in [0.717, 1.165) is 23.8 Å². The third kappa shape index (κ3) is 1.04. The largest absolute Gasteiger partial charge is 0.358 e. The molecule has 1 aromatic heterocycles. The van der Waals surface area contributed by atoms with Crippen LogP contribution in [0.1, 0.15) is 18.4 Å². The average Bonchev–Trinajstić information content (AvgIpc) is 2.92. The molecular formula is C13H10FN. The van der Waals surface area contributed by atoms with Crippen molar-refractivity contribution in [3.05, 3.63) is 35.8 Å². The molecule has 1 aromatic carbocycles. The van der Waals surface area contributed by atoms with Crippen molar-refractivity contribution in [3.8, 4) is 12.3 Å². The Hall–Kier alpha value is -1.75. The van der Waals surface area contributed by atoms with Gasteiger partial charge in [0.15, 0.2) is 0 Å². The Morgan fingerprint density at radius 1 is 1.40 bits per heavy atom. The monoisotopic (exact) mass is 199 g/mol.